The number of rotatable bonds is 8. The number of oxazole rings is 1. The van der Waals surface area contributed by atoms with Crippen molar-refractivity contribution >= 4 is 34.6 Å². The highest BCUT2D eigenvalue weighted by Crippen LogP contribution is 2.25. The van der Waals surface area contributed by atoms with Crippen LogP contribution in [0.25, 0.3) is 11.1 Å². The number of thioether (sulfide) groups is 1. The van der Waals surface area contributed by atoms with Crippen molar-refractivity contribution in [2.24, 2.45) is 0 Å². The van der Waals surface area contributed by atoms with Gasteiger partial charge in [0.05, 0.1) is 25.2 Å². The molecule has 0 fully saturated rings. The van der Waals surface area contributed by atoms with E-state index in [0.29, 0.717) is 36.2 Å². The summed E-state index contributed by atoms with van der Waals surface area (Å²) < 4.78 is 12.7. The molecule has 2 heterocycles. The summed E-state index contributed by atoms with van der Waals surface area (Å²) in [6, 6.07) is 5.10. The third-order valence-corrected chi connectivity index (χ3v) is 4.37. The van der Waals surface area contributed by atoms with Gasteiger partial charge in [0.25, 0.3) is 5.22 Å². The van der Waals surface area contributed by atoms with E-state index in [-0.39, 0.29) is 6.03 Å². The number of hydrogen-bond acceptors (Lipinski definition) is 6. The summed E-state index contributed by atoms with van der Waals surface area (Å²) in [6.07, 6.45) is 3.45. The first-order valence-electron chi connectivity index (χ1n) is 8.25. The minimum absolute atomic E-state index is 0.300. The summed E-state index contributed by atoms with van der Waals surface area (Å²) >= 11 is 1.54. The maximum atomic E-state index is 12.1. The summed E-state index contributed by atoms with van der Waals surface area (Å²) in [5, 5.41) is 6.26. The maximum absolute atomic E-state index is 12.1. The van der Waals surface area contributed by atoms with Gasteiger partial charge < -0.3 is 24.4 Å². The van der Waals surface area contributed by atoms with E-state index in [1.54, 1.807) is 31.8 Å². The van der Waals surface area contributed by atoms with E-state index in [0.717, 1.165) is 17.0 Å². The lowest BCUT2D eigenvalue weighted by Gasteiger charge is -2.10. The molecule has 2 N–H and O–H groups in total. The second-order valence-electron chi connectivity index (χ2n) is 5.47. The Hall–Kier alpha value is -2.52. The Morgan fingerprint density at radius 1 is 1.42 bits per heavy atom. The van der Waals surface area contributed by atoms with Crippen molar-refractivity contribution in [2.45, 2.75) is 25.2 Å². The standard InChI is InChI=1S/C17H21N5O3S/c1-3-26-17-21-14-5-4-12(8-15(14)25-17)20-16(23)19-10-13-9-18-11-22(13)6-7-24-2/h4-5,8-9,11H,3,6-7,10H2,1-2H3,(H2,19,20,23). The van der Waals surface area contributed by atoms with Gasteiger partial charge >= 0.3 is 6.03 Å². The minimum Gasteiger partial charge on any atom is -0.431 e. The summed E-state index contributed by atoms with van der Waals surface area (Å²) in [6.45, 7) is 3.69. The van der Waals surface area contributed by atoms with E-state index in [9.17, 15) is 4.79 Å². The Kier molecular flexibility index (Phi) is 6.13. The number of carbonyl (C=O) groups is 1. The largest absolute Gasteiger partial charge is 0.431 e. The van der Waals surface area contributed by atoms with E-state index >= 15 is 0 Å². The van der Waals surface area contributed by atoms with Crippen LogP contribution in [0.15, 0.2) is 40.4 Å². The van der Waals surface area contributed by atoms with Gasteiger partial charge in [0.2, 0.25) is 0 Å². The molecule has 2 aromatic heterocycles. The molecule has 9 heteroatoms. The Labute approximate surface area is 155 Å². The van der Waals surface area contributed by atoms with E-state index in [1.165, 1.54) is 11.8 Å². The van der Waals surface area contributed by atoms with Gasteiger partial charge in [-0.3, -0.25) is 0 Å². The van der Waals surface area contributed by atoms with Gasteiger partial charge in [0.15, 0.2) is 5.58 Å². The van der Waals surface area contributed by atoms with Gasteiger partial charge in [-0.1, -0.05) is 18.7 Å². The van der Waals surface area contributed by atoms with Gasteiger partial charge in [0.1, 0.15) is 5.52 Å². The predicted octanol–water partition coefficient (Wildman–Crippen LogP) is 3.10. The lowest BCUT2D eigenvalue weighted by molar-refractivity contribution is 0.186. The fourth-order valence-electron chi connectivity index (χ4n) is 2.40. The maximum Gasteiger partial charge on any atom is 0.319 e. The van der Waals surface area contributed by atoms with Gasteiger partial charge in [-0.15, -0.1) is 0 Å². The van der Waals surface area contributed by atoms with Crippen molar-refractivity contribution in [3.63, 3.8) is 0 Å². The molecule has 0 atom stereocenters. The number of nitrogens with one attached hydrogen (secondary N) is 2. The smallest absolute Gasteiger partial charge is 0.319 e. The lowest BCUT2D eigenvalue weighted by Crippen LogP contribution is -2.29. The molecule has 0 aliphatic heterocycles. The number of aromatic nitrogens is 3. The molecule has 26 heavy (non-hydrogen) atoms. The van der Waals surface area contributed by atoms with Crippen LogP contribution in [0.4, 0.5) is 10.5 Å². The highest BCUT2D eigenvalue weighted by atomic mass is 32.2. The van der Waals surface area contributed by atoms with Crippen LogP contribution in [0.3, 0.4) is 0 Å². The molecule has 0 radical (unpaired) electrons. The molecule has 8 nitrogen and oxygen atoms in total. The van der Waals surface area contributed by atoms with Crippen molar-refractivity contribution < 1.29 is 13.9 Å². The molecule has 0 spiro atoms. The second kappa shape index (κ2) is 8.72. The van der Waals surface area contributed by atoms with Crippen LogP contribution in [0.2, 0.25) is 0 Å². The van der Waals surface area contributed by atoms with Crippen LogP contribution in [-0.2, 0) is 17.8 Å². The highest BCUT2D eigenvalue weighted by molar-refractivity contribution is 7.99. The zero-order chi connectivity index (χ0) is 18.4. The van der Waals surface area contributed by atoms with Gasteiger partial charge in [-0.25, -0.2) is 14.8 Å². The van der Waals surface area contributed by atoms with Crippen molar-refractivity contribution in [3.05, 3.63) is 36.4 Å². The molecule has 3 aromatic rings. The monoisotopic (exact) mass is 375 g/mol. The average molecular weight is 375 g/mol. The van der Waals surface area contributed by atoms with Crippen molar-refractivity contribution in [1.82, 2.24) is 19.9 Å². The fourth-order valence-corrected chi connectivity index (χ4v) is 2.96. The molecular weight excluding hydrogens is 354 g/mol. The van der Waals surface area contributed by atoms with Crippen molar-refractivity contribution in [1.29, 1.82) is 0 Å². The zero-order valence-electron chi connectivity index (χ0n) is 14.7. The van der Waals surface area contributed by atoms with Crippen molar-refractivity contribution in [2.75, 3.05) is 24.8 Å². The third kappa shape index (κ3) is 4.55. The summed E-state index contributed by atoms with van der Waals surface area (Å²) in [7, 11) is 1.65. The first-order valence-corrected chi connectivity index (χ1v) is 9.24. The van der Waals surface area contributed by atoms with Crippen LogP contribution in [0.5, 0.6) is 0 Å². The summed E-state index contributed by atoms with van der Waals surface area (Å²) in [4.78, 5) is 20.6. The SMILES string of the molecule is CCSc1nc2ccc(NC(=O)NCc3cncn3CCOC)cc2o1. The topological polar surface area (TPSA) is 94.2 Å². The highest BCUT2D eigenvalue weighted by Gasteiger charge is 2.09. The number of benzene rings is 1. The molecule has 0 aliphatic rings. The normalized spacial score (nSPS) is 11.0. The number of nitrogens with zero attached hydrogens (tertiary/aromatic N) is 3. The Morgan fingerprint density at radius 2 is 2.31 bits per heavy atom. The zero-order valence-corrected chi connectivity index (χ0v) is 15.5. The molecule has 3 rings (SSSR count). The number of fused-ring (bicyclic) bond motifs is 1. The molecule has 0 unspecified atom stereocenters. The number of carbonyl (C=O) groups excluding carboxylic acids is 1. The van der Waals surface area contributed by atoms with Crippen LogP contribution >= 0.6 is 11.8 Å². The molecule has 138 valence electrons. The van der Waals surface area contributed by atoms with E-state index < -0.39 is 0 Å². The van der Waals surface area contributed by atoms with E-state index in [2.05, 4.69) is 20.6 Å². The second-order valence-corrected chi connectivity index (χ2v) is 6.69. The first-order chi connectivity index (χ1) is 12.7. The molecule has 0 saturated carbocycles. The molecular formula is C17H21N5O3S. The number of methoxy groups -OCH3 is 1. The van der Waals surface area contributed by atoms with E-state index in [1.807, 2.05) is 17.6 Å². The molecule has 2 amide bonds. The fraction of sp³-hybridized carbons (Fsp3) is 0.353. The molecule has 0 saturated heterocycles. The average Bonchev–Trinajstić information content (AvgIpc) is 3.24. The number of urea groups is 1. The van der Waals surface area contributed by atoms with Crippen LogP contribution in [0.1, 0.15) is 12.6 Å². The number of imidazole rings is 1. The molecule has 1 aromatic carbocycles. The van der Waals surface area contributed by atoms with Crippen LogP contribution in [-0.4, -0.2) is 40.0 Å². The van der Waals surface area contributed by atoms with Gasteiger partial charge in [0, 0.05) is 31.6 Å². The Morgan fingerprint density at radius 3 is 3.12 bits per heavy atom. The minimum atomic E-state index is -0.300. The van der Waals surface area contributed by atoms with Crippen molar-refractivity contribution in [3.8, 4) is 0 Å². The lowest BCUT2D eigenvalue weighted by atomic mass is 10.3. The van der Waals surface area contributed by atoms with Crippen LogP contribution in [0, 0.1) is 0 Å². The number of anilines is 1. The number of ether oxygens (including phenoxy) is 1. The Balaban J connectivity index is 1.58. The summed E-state index contributed by atoms with van der Waals surface area (Å²) in [5.41, 5.74) is 2.97. The van der Waals surface area contributed by atoms with Gasteiger partial charge in [-0.05, 0) is 17.9 Å². The van der Waals surface area contributed by atoms with Gasteiger partial charge in [-0.2, -0.15) is 0 Å². The molecule has 0 aliphatic carbocycles. The quantitative estimate of drug-likeness (QED) is 0.588. The first kappa shape index (κ1) is 18.3. The number of hydrogen-bond donors (Lipinski definition) is 2. The van der Waals surface area contributed by atoms with Crippen LogP contribution < -0.4 is 10.6 Å². The predicted molar refractivity (Wildman–Crippen MR) is 100 cm³/mol. The Bertz CT molecular complexity index is 876. The number of amides is 2. The third-order valence-electron chi connectivity index (χ3n) is 3.66. The summed E-state index contributed by atoms with van der Waals surface area (Å²) in [5.74, 6) is 0.890. The van der Waals surface area contributed by atoms with E-state index in [4.69, 9.17) is 9.15 Å². The molecule has 0 bridgehead atoms.